The number of anilines is 1. The van der Waals surface area contributed by atoms with E-state index in [1.54, 1.807) is 0 Å². The lowest BCUT2D eigenvalue weighted by molar-refractivity contribution is 0.0232. The van der Waals surface area contributed by atoms with Crippen LogP contribution in [0, 0.1) is 0 Å². The van der Waals surface area contributed by atoms with E-state index in [0.29, 0.717) is 12.1 Å². The second kappa shape index (κ2) is 4.66. The van der Waals surface area contributed by atoms with Gasteiger partial charge in [-0.2, -0.15) is 5.10 Å². The van der Waals surface area contributed by atoms with Crippen molar-refractivity contribution in [2.75, 3.05) is 11.9 Å². The minimum Gasteiger partial charge on any atom is -0.380 e. The number of aromatic nitrogens is 2. The fourth-order valence-electron chi connectivity index (χ4n) is 1.98. The van der Waals surface area contributed by atoms with Gasteiger partial charge in [-0.3, -0.25) is 4.68 Å². The summed E-state index contributed by atoms with van der Waals surface area (Å²) in [5.41, 5.74) is 1.12. The normalized spacial score (nSPS) is 26.5. The van der Waals surface area contributed by atoms with Gasteiger partial charge >= 0.3 is 0 Å². The van der Waals surface area contributed by atoms with E-state index in [4.69, 9.17) is 4.74 Å². The number of rotatable bonds is 3. The molecule has 2 heterocycles. The van der Waals surface area contributed by atoms with Gasteiger partial charge in [-0.15, -0.1) is 0 Å². The molecular weight excluding hydrogens is 190 g/mol. The lowest BCUT2D eigenvalue weighted by Crippen LogP contribution is -2.32. The minimum atomic E-state index is 0.373. The highest BCUT2D eigenvalue weighted by molar-refractivity contribution is 5.39. The Balaban J connectivity index is 1.90. The molecule has 15 heavy (non-hydrogen) atoms. The molecule has 1 aliphatic rings. The summed E-state index contributed by atoms with van der Waals surface area (Å²) in [6, 6.07) is 0.531. The quantitative estimate of drug-likeness (QED) is 0.826. The molecule has 2 rings (SSSR count). The average Bonchev–Trinajstić information content (AvgIpc) is 2.65. The molecule has 0 aromatic carbocycles. The average molecular weight is 209 g/mol. The largest absolute Gasteiger partial charge is 0.380 e. The molecule has 1 N–H and O–H groups in total. The summed E-state index contributed by atoms with van der Waals surface area (Å²) < 4.78 is 7.45. The predicted molar refractivity (Wildman–Crippen MR) is 60.0 cm³/mol. The summed E-state index contributed by atoms with van der Waals surface area (Å²) in [5.74, 6) is 0. The van der Waals surface area contributed by atoms with Crippen LogP contribution in [-0.2, 0) is 11.3 Å². The van der Waals surface area contributed by atoms with E-state index in [1.807, 2.05) is 10.9 Å². The first kappa shape index (κ1) is 10.5. The van der Waals surface area contributed by atoms with Gasteiger partial charge in [0.05, 0.1) is 18.0 Å². The second-order valence-electron chi connectivity index (χ2n) is 4.13. The van der Waals surface area contributed by atoms with E-state index in [0.717, 1.165) is 31.7 Å². The van der Waals surface area contributed by atoms with Gasteiger partial charge in [0, 0.05) is 25.4 Å². The molecule has 4 heteroatoms. The summed E-state index contributed by atoms with van der Waals surface area (Å²) in [7, 11) is 0. The summed E-state index contributed by atoms with van der Waals surface area (Å²) in [6.45, 7) is 6.00. The van der Waals surface area contributed by atoms with Gasteiger partial charge in [0.15, 0.2) is 0 Å². The fourth-order valence-corrected chi connectivity index (χ4v) is 1.98. The molecule has 0 bridgehead atoms. The summed E-state index contributed by atoms with van der Waals surface area (Å²) in [5, 5.41) is 7.74. The topological polar surface area (TPSA) is 39.1 Å². The zero-order chi connectivity index (χ0) is 10.7. The lowest BCUT2D eigenvalue weighted by Gasteiger charge is -2.28. The number of nitrogens with one attached hydrogen (secondary N) is 1. The maximum atomic E-state index is 5.51. The molecule has 1 fully saturated rings. The monoisotopic (exact) mass is 209 g/mol. The van der Waals surface area contributed by atoms with Gasteiger partial charge in [0.25, 0.3) is 0 Å². The first-order valence-corrected chi connectivity index (χ1v) is 5.68. The third kappa shape index (κ3) is 2.72. The van der Waals surface area contributed by atoms with Gasteiger partial charge < -0.3 is 10.1 Å². The van der Waals surface area contributed by atoms with Crippen molar-refractivity contribution < 1.29 is 4.74 Å². The smallest absolute Gasteiger partial charge is 0.0728 e. The van der Waals surface area contributed by atoms with Crippen LogP contribution in [0.15, 0.2) is 12.4 Å². The number of ether oxygens (including phenoxy) is 1. The molecule has 0 amide bonds. The number of hydrogen-bond donors (Lipinski definition) is 1. The summed E-state index contributed by atoms with van der Waals surface area (Å²) >= 11 is 0. The van der Waals surface area contributed by atoms with Crippen molar-refractivity contribution in [3.63, 3.8) is 0 Å². The molecule has 0 saturated carbocycles. The van der Waals surface area contributed by atoms with Crippen molar-refractivity contribution in [2.45, 2.75) is 45.4 Å². The van der Waals surface area contributed by atoms with Crippen molar-refractivity contribution in [3.05, 3.63) is 12.4 Å². The maximum Gasteiger partial charge on any atom is 0.0728 e. The van der Waals surface area contributed by atoms with Crippen LogP contribution in [0.5, 0.6) is 0 Å². The highest BCUT2D eigenvalue weighted by atomic mass is 16.5. The zero-order valence-corrected chi connectivity index (χ0v) is 9.44. The molecule has 4 nitrogen and oxygen atoms in total. The van der Waals surface area contributed by atoms with Crippen LogP contribution < -0.4 is 5.32 Å². The third-order valence-corrected chi connectivity index (χ3v) is 2.81. The molecule has 84 valence electrons. The fraction of sp³-hybridized carbons (Fsp3) is 0.727. The van der Waals surface area contributed by atoms with Crippen LogP contribution in [0.25, 0.3) is 0 Å². The molecule has 2 atom stereocenters. The number of nitrogens with zero attached hydrogens (tertiary/aromatic N) is 2. The Labute approximate surface area is 90.6 Å². The van der Waals surface area contributed by atoms with E-state index in [1.165, 1.54) is 0 Å². The molecule has 0 spiro atoms. The zero-order valence-electron chi connectivity index (χ0n) is 9.44. The van der Waals surface area contributed by atoms with Crippen LogP contribution in [0.2, 0.25) is 0 Å². The Morgan fingerprint density at radius 2 is 2.53 bits per heavy atom. The van der Waals surface area contributed by atoms with E-state index < -0.39 is 0 Å². The van der Waals surface area contributed by atoms with E-state index in [9.17, 15) is 0 Å². The van der Waals surface area contributed by atoms with Crippen LogP contribution in [0.4, 0.5) is 5.69 Å². The molecule has 1 saturated heterocycles. The Bertz CT molecular complexity index is 311. The van der Waals surface area contributed by atoms with E-state index in [2.05, 4.69) is 30.5 Å². The number of hydrogen-bond acceptors (Lipinski definition) is 3. The van der Waals surface area contributed by atoms with Gasteiger partial charge in [0.1, 0.15) is 0 Å². The predicted octanol–water partition coefficient (Wildman–Crippen LogP) is 1.88. The highest BCUT2D eigenvalue weighted by Crippen LogP contribution is 2.18. The molecule has 0 radical (unpaired) electrons. The molecule has 1 aliphatic heterocycles. The SMILES string of the molecule is CCn1cc(NC2CCOC(C)C2)cn1. The van der Waals surface area contributed by atoms with Crippen molar-refractivity contribution in [3.8, 4) is 0 Å². The van der Waals surface area contributed by atoms with Crippen molar-refractivity contribution in [2.24, 2.45) is 0 Å². The second-order valence-corrected chi connectivity index (χ2v) is 4.13. The number of aryl methyl sites for hydroxylation is 1. The van der Waals surface area contributed by atoms with E-state index in [-0.39, 0.29) is 0 Å². The Kier molecular flexibility index (Phi) is 3.26. The van der Waals surface area contributed by atoms with Gasteiger partial charge in [-0.05, 0) is 26.7 Å². The molecular formula is C11H19N3O. The van der Waals surface area contributed by atoms with Crippen molar-refractivity contribution in [1.29, 1.82) is 0 Å². The maximum absolute atomic E-state index is 5.51. The van der Waals surface area contributed by atoms with E-state index >= 15 is 0 Å². The first-order chi connectivity index (χ1) is 7.28. The third-order valence-electron chi connectivity index (χ3n) is 2.81. The molecule has 1 aromatic rings. The van der Waals surface area contributed by atoms with Gasteiger partial charge in [-0.25, -0.2) is 0 Å². The van der Waals surface area contributed by atoms with Crippen LogP contribution in [0.3, 0.4) is 0 Å². The summed E-state index contributed by atoms with van der Waals surface area (Å²) in [6.07, 6.45) is 6.49. The molecule has 2 unspecified atom stereocenters. The lowest BCUT2D eigenvalue weighted by atomic mass is 10.0. The Morgan fingerprint density at radius 3 is 3.20 bits per heavy atom. The van der Waals surface area contributed by atoms with Crippen LogP contribution >= 0.6 is 0 Å². The van der Waals surface area contributed by atoms with Crippen molar-refractivity contribution in [1.82, 2.24) is 9.78 Å². The highest BCUT2D eigenvalue weighted by Gasteiger charge is 2.19. The standard InChI is InChI=1S/C11H19N3O/c1-3-14-8-11(7-12-14)13-10-4-5-15-9(2)6-10/h7-10,13H,3-6H2,1-2H3. The summed E-state index contributed by atoms with van der Waals surface area (Å²) in [4.78, 5) is 0. The molecule has 1 aromatic heterocycles. The first-order valence-electron chi connectivity index (χ1n) is 5.68. The minimum absolute atomic E-state index is 0.373. The Hall–Kier alpha value is -1.03. The molecule has 0 aliphatic carbocycles. The van der Waals surface area contributed by atoms with Crippen molar-refractivity contribution >= 4 is 5.69 Å². The van der Waals surface area contributed by atoms with Crippen LogP contribution in [-0.4, -0.2) is 28.5 Å². The van der Waals surface area contributed by atoms with Crippen LogP contribution in [0.1, 0.15) is 26.7 Å². The van der Waals surface area contributed by atoms with Gasteiger partial charge in [0.2, 0.25) is 0 Å². The van der Waals surface area contributed by atoms with Gasteiger partial charge in [-0.1, -0.05) is 0 Å². The Morgan fingerprint density at radius 1 is 1.67 bits per heavy atom.